The summed E-state index contributed by atoms with van der Waals surface area (Å²) >= 11 is 2.57. The van der Waals surface area contributed by atoms with Crippen molar-refractivity contribution < 1.29 is 0 Å². The van der Waals surface area contributed by atoms with Gasteiger partial charge in [0.25, 0.3) is 0 Å². The molecular formula is C4N4S2. The Labute approximate surface area is 64.8 Å². The Morgan fingerprint density at radius 2 is 2.30 bits per heavy atom. The summed E-state index contributed by atoms with van der Waals surface area (Å²) in [6.45, 7) is 0. The van der Waals surface area contributed by atoms with Crippen molar-refractivity contribution in [2.24, 2.45) is 0 Å². The first-order valence-electron chi connectivity index (χ1n) is 2.36. The third-order valence-corrected chi connectivity index (χ3v) is 2.23. The maximum Gasteiger partial charge on any atom is 0.212 e. The molecule has 0 amide bonds. The lowest BCUT2D eigenvalue weighted by atomic mass is 10.7. The highest BCUT2D eigenvalue weighted by Crippen LogP contribution is 2.19. The molecule has 0 unspecified atom stereocenters. The minimum absolute atomic E-state index is 0.749. The monoisotopic (exact) mass is 168 g/mol. The molecule has 0 fully saturated rings. The smallest absolute Gasteiger partial charge is 0.209 e. The van der Waals surface area contributed by atoms with Gasteiger partial charge in [-0.1, -0.05) is 11.3 Å². The number of aromatic nitrogens is 4. The van der Waals surface area contributed by atoms with Crippen LogP contribution in [-0.2, 0) is 0 Å². The Morgan fingerprint density at radius 1 is 1.30 bits per heavy atom. The van der Waals surface area contributed by atoms with E-state index in [0.29, 0.717) is 0 Å². The summed E-state index contributed by atoms with van der Waals surface area (Å²) in [5.74, 6) is 0. The van der Waals surface area contributed by atoms with Crippen molar-refractivity contribution in [2.45, 2.75) is 0 Å². The summed E-state index contributed by atoms with van der Waals surface area (Å²) in [6.07, 6.45) is 2.46. The van der Waals surface area contributed by atoms with Crippen molar-refractivity contribution in [1.82, 2.24) is 19.6 Å². The lowest BCUT2D eigenvalue weighted by Gasteiger charge is -1.77. The van der Waals surface area contributed by atoms with E-state index in [4.69, 9.17) is 0 Å². The van der Waals surface area contributed by atoms with Gasteiger partial charge in [0.15, 0.2) is 15.5 Å². The molecular weight excluding hydrogens is 168 g/mol. The van der Waals surface area contributed by atoms with Gasteiger partial charge in [0.2, 0.25) is 6.33 Å². The average Bonchev–Trinajstić information content (AvgIpc) is 2.59. The molecule has 0 aliphatic rings. The molecule has 6 heteroatoms. The fraction of sp³-hybridized carbons (Fsp3) is 0. The van der Waals surface area contributed by atoms with E-state index in [9.17, 15) is 0 Å². The molecule has 0 aliphatic carbocycles. The van der Waals surface area contributed by atoms with Crippen LogP contribution in [-0.4, -0.2) is 19.6 Å². The summed E-state index contributed by atoms with van der Waals surface area (Å²) in [7, 11) is 0. The molecule has 10 heavy (non-hydrogen) atoms. The number of hydrogen-bond acceptors (Lipinski definition) is 6. The second kappa shape index (κ2) is 2.39. The fourth-order valence-electron chi connectivity index (χ4n) is 0.473. The Morgan fingerprint density at radius 3 is 2.90 bits per heavy atom. The second-order valence-electron chi connectivity index (χ2n) is 1.40. The van der Waals surface area contributed by atoms with E-state index in [2.05, 4.69) is 31.4 Å². The van der Waals surface area contributed by atoms with E-state index in [1.165, 1.54) is 22.9 Å². The summed E-state index contributed by atoms with van der Waals surface area (Å²) in [5, 5.41) is 8.80. The molecule has 2 radical (unpaired) electrons. The number of rotatable bonds is 1. The van der Waals surface area contributed by atoms with Crippen LogP contribution < -0.4 is 0 Å². The van der Waals surface area contributed by atoms with Gasteiger partial charge < -0.3 is 0 Å². The lowest BCUT2D eigenvalue weighted by Crippen LogP contribution is -1.72. The summed E-state index contributed by atoms with van der Waals surface area (Å²) in [5.41, 5.74) is 2.62. The third kappa shape index (κ3) is 0.910. The Balaban J connectivity index is 2.48. The van der Waals surface area contributed by atoms with E-state index in [0.717, 1.165) is 10.0 Å². The predicted molar refractivity (Wildman–Crippen MR) is 36.5 cm³/mol. The fourth-order valence-corrected chi connectivity index (χ4v) is 1.46. The number of nitrogens with zero attached hydrogens (tertiary/aromatic N) is 4. The Bertz CT molecular complexity index is 255. The van der Waals surface area contributed by atoms with Gasteiger partial charge in [0.05, 0.1) is 0 Å². The highest BCUT2D eigenvalue weighted by Gasteiger charge is 2.03. The SMILES string of the molecule is [c]1nsc(-c2nn[c]s2)n1. The zero-order chi connectivity index (χ0) is 6.81. The van der Waals surface area contributed by atoms with E-state index in [-0.39, 0.29) is 0 Å². The normalized spacial score (nSPS) is 10.0. The van der Waals surface area contributed by atoms with E-state index in [1.807, 2.05) is 0 Å². The molecule has 0 spiro atoms. The van der Waals surface area contributed by atoms with Gasteiger partial charge in [-0.2, -0.15) is 4.37 Å². The molecule has 0 aromatic carbocycles. The molecule has 0 N–H and O–H groups in total. The first-order valence-corrected chi connectivity index (χ1v) is 3.95. The van der Waals surface area contributed by atoms with Crippen LogP contribution >= 0.6 is 22.9 Å². The summed E-state index contributed by atoms with van der Waals surface area (Å²) in [4.78, 5) is 3.83. The van der Waals surface area contributed by atoms with Crippen LogP contribution in [0.15, 0.2) is 0 Å². The Hall–Kier alpha value is -0.880. The van der Waals surface area contributed by atoms with Crippen LogP contribution in [0.5, 0.6) is 0 Å². The molecule has 48 valence electrons. The largest absolute Gasteiger partial charge is 0.212 e. The lowest BCUT2D eigenvalue weighted by molar-refractivity contribution is 1.08. The number of hydrogen-bond donors (Lipinski definition) is 0. The zero-order valence-corrected chi connectivity index (χ0v) is 6.24. The van der Waals surface area contributed by atoms with Gasteiger partial charge in [0.1, 0.15) is 0 Å². The van der Waals surface area contributed by atoms with E-state index in [1.54, 1.807) is 0 Å². The molecule has 4 nitrogen and oxygen atoms in total. The van der Waals surface area contributed by atoms with E-state index < -0.39 is 0 Å². The maximum atomic E-state index is 3.83. The summed E-state index contributed by atoms with van der Waals surface area (Å²) < 4.78 is 3.71. The van der Waals surface area contributed by atoms with Gasteiger partial charge in [-0.3, -0.25) is 0 Å². The summed E-state index contributed by atoms with van der Waals surface area (Å²) in [6, 6.07) is 0. The molecule has 2 rings (SSSR count). The van der Waals surface area contributed by atoms with Crippen LogP contribution in [0.3, 0.4) is 0 Å². The van der Waals surface area contributed by atoms with Crippen LogP contribution in [0.4, 0.5) is 0 Å². The van der Waals surface area contributed by atoms with Gasteiger partial charge in [-0.05, 0) is 11.5 Å². The molecule has 2 heterocycles. The van der Waals surface area contributed by atoms with Crippen LogP contribution in [0.2, 0.25) is 0 Å². The van der Waals surface area contributed by atoms with Crippen LogP contribution in [0.25, 0.3) is 10.0 Å². The molecule has 2 aromatic rings. The second-order valence-corrected chi connectivity index (χ2v) is 2.92. The van der Waals surface area contributed by atoms with Crippen LogP contribution in [0.1, 0.15) is 0 Å². The van der Waals surface area contributed by atoms with Gasteiger partial charge in [-0.25, -0.2) is 4.98 Å². The molecule has 0 atom stereocenters. The minimum Gasteiger partial charge on any atom is -0.209 e. The molecule has 2 aromatic heterocycles. The molecule has 0 bridgehead atoms. The molecule has 0 aliphatic heterocycles. The van der Waals surface area contributed by atoms with Gasteiger partial charge in [0, 0.05) is 0 Å². The van der Waals surface area contributed by atoms with E-state index >= 15 is 0 Å². The van der Waals surface area contributed by atoms with Gasteiger partial charge in [-0.15, -0.1) is 10.2 Å². The van der Waals surface area contributed by atoms with Crippen molar-refractivity contribution in [3.05, 3.63) is 11.8 Å². The third-order valence-electron chi connectivity index (χ3n) is 0.831. The van der Waals surface area contributed by atoms with Crippen molar-refractivity contribution in [1.29, 1.82) is 0 Å². The zero-order valence-electron chi connectivity index (χ0n) is 4.61. The minimum atomic E-state index is 0.749. The van der Waals surface area contributed by atoms with Crippen molar-refractivity contribution >= 4 is 22.9 Å². The maximum absolute atomic E-state index is 3.83. The topological polar surface area (TPSA) is 51.6 Å². The van der Waals surface area contributed by atoms with Crippen LogP contribution in [0, 0.1) is 11.8 Å². The predicted octanol–water partition coefficient (Wildman–Crippen LogP) is 0.657. The molecule has 0 saturated carbocycles. The first kappa shape index (κ1) is 5.87. The standard InChI is InChI=1S/C4N4S2/c1-5-3(10-7-1)4-8-6-2-9-4. The Kier molecular flexibility index (Phi) is 1.40. The van der Waals surface area contributed by atoms with Crippen molar-refractivity contribution in [3.63, 3.8) is 0 Å². The highest BCUT2D eigenvalue weighted by atomic mass is 32.1. The van der Waals surface area contributed by atoms with Gasteiger partial charge >= 0.3 is 0 Å². The molecule has 0 saturated heterocycles. The quantitative estimate of drug-likeness (QED) is 0.627. The van der Waals surface area contributed by atoms with Crippen molar-refractivity contribution in [2.75, 3.05) is 0 Å². The first-order chi connectivity index (χ1) is 4.97. The highest BCUT2D eigenvalue weighted by molar-refractivity contribution is 7.17. The van der Waals surface area contributed by atoms with Crippen molar-refractivity contribution in [3.8, 4) is 10.0 Å². The average molecular weight is 168 g/mol.